The summed E-state index contributed by atoms with van der Waals surface area (Å²) in [4.78, 5) is 12.4. The van der Waals surface area contributed by atoms with Crippen molar-refractivity contribution >= 4 is 5.97 Å². The van der Waals surface area contributed by atoms with Crippen molar-refractivity contribution in [1.82, 2.24) is 0 Å². The number of carbonyl (C=O) groups is 1. The molecule has 138 valence electrons. The largest absolute Gasteiger partial charge is 0.462 e. The summed E-state index contributed by atoms with van der Waals surface area (Å²) >= 11 is 0. The standard InChI is InChI=1S/C21H30O4/c1-14-8-9-17-18(7-6-10-21(3,4)24-5)20(23)25-13-19(17)15(2)12-16(22)11-14/h6-7,10-11,16-17,19,22H,2,8-9,12-13H2,1,3-5H3/b10-6+,14-11-,18-7+/t16-,17+,19-/m0/s1. The molecule has 1 fully saturated rings. The third-order valence-electron chi connectivity index (χ3n) is 5.14. The van der Waals surface area contributed by atoms with Crippen LogP contribution in [-0.4, -0.2) is 36.5 Å². The topological polar surface area (TPSA) is 55.8 Å². The maximum atomic E-state index is 12.4. The molecule has 0 bridgehead atoms. The molecule has 0 aromatic rings. The Labute approximate surface area is 150 Å². The Balaban J connectivity index is 2.31. The number of hydrogen-bond donors (Lipinski definition) is 1. The van der Waals surface area contributed by atoms with Gasteiger partial charge in [-0.3, -0.25) is 0 Å². The van der Waals surface area contributed by atoms with E-state index in [-0.39, 0.29) is 23.4 Å². The molecule has 25 heavy (non-hydrogen) atoms. The van der Waals surface area contributed by atoms with Crippen LogP contribution in [0.5, 0.6) is 0 Å². The summed E-state index contributed by atoms with van der Waals surface area (Å²) in [7, 11) is 1.66. The van der Waals surface area contributed by atoms with Gasteiger partial charge in [0.25, 0.3) is 0 Å². The molecule has 0 radical (unpaired) electrons. The second-order valence-electron chi connectivity index (χ2n) is 7.58. The fourth-order valence-corrected chi connectivity index (χ4v) is 3.41. The van der Waals surface area contributed by atoms with E-state index in [9.17, 15) is 9.90 Å². The zero-order valence-corrected chi connectivity index (χ0v) is 15.7. The maximum absolute atomic E-state index is 12.4. The van der Waals surface area contributed by atoms with E-state index in [1.807, 2.05) is 45.1 Å². The smallest absolute Gasteiger partial charge is 0.334 e. The SMILES string of the molecule is C=C1C[C@@H](O)/C=C(/C)CC[C@@H]2/C(=C\C=C\C(C)(C)OC)C(=O)OC[C@@H]12. The number of aliphatic hydroxyl groups is 1. The highest BCUT2D eigenvalue weighted by atomic mass is 16.5. The molecule has 1 N–H and O–H groups in total. The van der Waals surface area contributed by atoms with Crippen molar-refractivity contribution in [3.05, 3.63) is 47.6 Å². The molecule has 4 nitrogen and oxygen atoms in total. The lowest BCUT2D eigenvalue weighted by Gasteiger charge is -2.34. The highest BCUT2D eigenvalue weighted by molar-refractivity contribution is 5.90. The van der Waals surface area contributed by atoms with Crippen LogP contribution in [0.15, 0.2) is 47.6 Å². The van der Waals surface area contributed by atoms with Crippen molar-refractivity contribution in [1.29, 1.82) is 0 Å². The first-order valence-corrected chi connectivity index (χ1v) is 8.88. The summed E-state index contributed by atoms with van der Waals surface area (Å²) in [5, 5.41) is 10.2. The molecule has 0 saturated carbocycles. The fraction of sp³-hybridized carbons (Fsp3) is 0.571. The van der Waals surface area contributed by atoms with Crippen molar-refractivity contribution < 1.29 is 19.4 Å². The van der Waals surface area contributed by atoms with Crippen LogP contribution in [-0.2, 0) is 14.3 Å². The third-order valence-corrected chi connectivity index (χ3v) is 5.14. The minimum atomic E-state index is -0.515. The second kappa shape index (κ2) is 8.15. The highest BCUT2D eigenvalue weighted by Crippen LogP contribution is 2.38. The van der Waals surface area contributed by atoms with Crippen LogP contribution in [0.3, 0.4) is 0 Å². The number of carbonyl (C=O) groups excluding carboxylic acids is 1. The van der Waals surface area contributed by atoms with Gasteiger partial charge in [-0.1, -0.05) is 42.0 Å². The molecule has 1 aliphatic carbocycles. The average Bonchev–Trinajstić information content (AvgIpc) is 2.58. The molecular formula is C21H30O4. The molecule has 0 amide bonds. The Morgan fingerprint density at radius 3 is 2.80 bits per heavy atom. The second-order valence-corrected chi connectivity index (χ2v) is 7.58. The lowest BCUT2D eigenvalue weighted by atomic mass is 9.76. The van der Waals surface area contributed by atoms with E-state index in [2.05, 4.69) is 6.58 Å². The minimum Gasteiger partial charge on any atom is -0.462 e. The summed E-state index contributed by atoms with van der Waals surface area (Å²) in [6, 6.07) is 0. The van der Waals surface area contributed by atoms with Crippen LogP contribution in [0.4, 0.5) is 0 Å². The molecule has 3 atom stereocenters. The van der Waals surface area contributed by atoms with E-state index in [4.69, 9.17) is 9.47 Å². The van der Waals surface area contributed by atoms with Crippen LogP contribution in [0.25, 0.3) is 0 Å². The average molecular weight is 346 g/mol. The van der Waals surface area contributed by atoms with Crippen molar-refractivity contribution in [3.8, 4) is 0 Å². The van der Waals surface area contributed by atoms with Crippen molar-refractivity contribution in [2.24, 2.45) is 11.8 Å². The molecule has 0 aromatic heterocycles. The monoisotopic (exact) mass is 346 g/mol. The zero-order chi connectivity index (χ0) is 18.6. The first-order chi connectivity index (χ1) is 11.7. The third kappa shape index (κ3) is 5.16. The predicted octanol–water partition coefficient (Wildman–Crippen LogP) is 3.73. The fourth-order valence-electron chi connectivity index (χ4n) is 3.41. The maximum Gasteiger partial charge on any atom is 0.334 e. The molecule has 4 heteroatoms. The number of hydrogen-bond acceptors (Lipinski definition) is 4. The molecule has 1 aliphatic heterocycles. The quantitative estimate of drug-likeness (QED) is 0.481. The van der Waals surface area contributed by atoms with Crippen molar-refractivity contribution in [3.63, 3.8) is 0 Å². The number of cyclic esters (lactones) is 1. The van der Waals surface area contributed by atoms with E-state index in [0.29, 0.717) is 18.6 Å². The lowest BCUT2D eigenvalue weighted by molar-refractivity contribution is -0.144. The van der Waals surface area contributed by atoms with Gasteiger partial charge in [0.2, 0.25) is 0 Å². The van der Waals surface area contributed by atoms with Crippen LogP contribution >= 0.6 is 0 Å². The first-order valence-electron chi connectivity index (χ1n) is 8.88. The zero-order valence-electron chi connectivity index (χ0n) is 15.7. The Kier molecular flexibility index (Phi) is 6.42. The Bertz CT molecular complexity index is 609. The number of ether oxygens (including phenoxy) is 2. The molecule has 0 aromatic carbocycles. The number of methoxy groups -OCH3 is 1. The summed E-state index contributed by atoms with van der Waals surface area (Å²) in [5.74, 6) is -0.130. The van der Waals surface area contributed by atoms with Crippen molar-refractivity contribution in [2.45, 2.75) is 51.7 Å². The van der Waals surface area contributed by atoms with E-state index in [0.717, 1.165) is 24.0 Å². The number of rotatable bonds is 3. The van der Waals surface area contributed by atoms with Crippen LogP contribution in [0, 0.1) is 11.8 Å². The van der Waals surface area contributed by atoms with E-state index < -0.39 is 6.10 Å². The highest BCUT2D eigenvalue weighted by Gasteiger charge is 2.37. The number of fused-ring (bicyclic) bond motifs is 1. The molecule has 2 rings (SSSR count). The van der Waals surface area contributed by atoms with Gasteiger partial charge in [0.1, 0.15) is 0 Å². The van der Waals surface area contributed by atoms with Crippen LogP contribution in [0.1, 0.15) is 40.0 Å². The van der Waals surface area contributed by atoms with Gasteiger partial charge in [-0.05, 0) is 40.0 Å². The molecule has 1 heterocycles. The van der Waals surface area contributed by atoms with E-state index in [1.165, 1.54) is 0 Å². The Morgan fingerprint density at radius 1 is 1.40 bits per heavy atom. The van der Waals surface area contributed by atoms with Crippen molar-refractivity contribution in [2.75, 3.05) is 13.7 Å². The first kappa shape index (κ1) is 19.7. The Morgan fingerprint density at radius 2 is 2.12 bits per heavy atom. The van der Waals surface area contributed by atoms with Gasteiger partial charge in [0.15, 0.2) is 0 Å². The van der Waals surface area contributed by atoms with E-state index in [1.54, 1.807) is 7.11 Å². The minimum absolute atomic E-state index is 0.0572. The summed E-state index contributed by atoms with van der Waals surface area (Å²) < 4.78 is 10.8. The van der Waals surface area contributed by atoms with Gasteiger partial charge in [0.05, 0.1) is 18.3 Å². The van der Waals surface area contributed by atoms with Gasteiger partial charge in [-0.15, -0.1) is 0 Å². The molecule has 0 unspecified atom stereocenters. The van der Waals surface area contributed by atoms with E-state index >= 15 is 0 Å². The number of esters is 1. The molecular weight excluding hydrogens is 316 g/mol. The number of aliphatic hydroxyl groups excluding tert-OH is 1. The molecule has 1 saturated heterocycles. The normalized spacial score (nSPS) is 32.4. The molecule has 0 spiro atoms. The lowest BCUT2D eigenvalue weighted by Crippen LogP contribution is -2.34. The van der Waals surface area contributed by atoms with Gasteiger partial charge in [0, 0.05) is 24.5 Å². The summed E-state index contributed by atoms with van der Waals surface area (Å²) in [6.45, 7) is 10.5. The van der Waals surface area contributed by atoms with Gasteiger partial charge in [-0.2, -0.15) is 0 Å². The van der Waals surface area contributed by atoms with Gasteiger partial charge in [-0.25, -0.2) is 4.79 Å². The summed E-state index contributed by atoms with van der Waals surface area (Å²) in [6.07, 6.45) is 9.24. The van der Waals surface area contributed by atoms with Crippen LogP contribution < -0.4 is 0 Å². The summed E-state index contributed by atoms with van der Waals surface area (Å²) in [5.41, 5.74) is 2.39. The molecule has 2 aliphatic rings. The van der Waals surface area contributed by atoms with Crippen LogP contribution in [0.2, 0.25) is 0 Å². The van der Waals surface area contributed by atoms with Gasteiger partial charge >= 0.3 is 5.97 Å². The Hall–Kier alpha value is -1.65. The van der Waals surface area contributed by atoms with Gasteiger partial charge < -0.3 is 14.6 Å². The predicted molar refractivity (Wildman–Crippen MR) is 99.0 cm³/mol. The number of allylic oxidation sites excluding steroid dienone is 3.